The number of nitrogens with two attached hydrogens (primary N) is 1. The van der Waals surface area contributed by atoms with E-state index in [-0.39, 0.29) is 36.5 Å². The predicted octanol–water partition coefficient (Wildman–Crippen LogP) is 4.84. The molecule has 3 amide bonds. The summed E-state index contributed by atoms with van der Waals surface area (Å²) in [6.45, 7) is 17.1. The summed E-state index contributed by atoms with van der Waals surface area (Å²) in [6.07, 6.45) is 5.63. The van der Waals surface area contributed by atoms with Crippen molar-refractivity contribution < 1.29 is 33.4 Å². The summed E-state index contributed by atoms with van der Waals surface area (Å²) in [5, 5.41) is 2.79. The number of carbonyl (C=O) groups is 4. The van der Waals surface area contributed by atoms with E-state index in [0.29, 0.717) is 18.9 Å². The Labute approximate surface area is 291 Å². The second kappa shape index (κ2) is 27.9. The van der Waals surface area contributed by atoms with Gasteiger partial charge in [0.2, 0.25) is 18.2 Å². The molecule has 0 aromatic heterocycles. The number of nitrogens with one attached hydrogen (secondary N) is 1. The Morgan fingerprint density at radius 2 is 1.60 bits per heavy atom. The number of ether oxygens (including phenoxy) is 3. The van der Waals surface area contributed by atoms with E-state index in [0.717, 1.165) is 37.7 Å². The van der Waals surface area contributed by atoms with E-state index < -0.39 is 24.0 Å². The number of carbonyl (C=O) groups excluding carboxylic acids is 4. The molecule has 0 radical (unpaired) electrons. The van der Waals surface area contributed by atoms with Crippen molar-refractivity contribution in [3.05, 3.63) is 35.9 Å². The minimum absolute atomic E-state index is 0.0270. The summed E-state index contributed by atoms with van der Waals surface area (Å²) in [5.41, 5.74) is 6.33. The maximum Gasteiger partial charge on any atom is 0.328 e. The lowest BCUT2D eigenvalue weighted by molar-refractivity contribution is -0.146. The standard InChI is InChI=1S/C20H28N2O5.C12H26N2O2.C3H8.C2H6/c1-14(18(26-2)17-10-7-11-22(17)13-23)19(24)21-16(20(25)27-3)12-15-8-5-4-6-9-15;1-6-9(3)12(10(7-2)16-5)14(4)11(15)8-13;1-3-2;1-2/h4-6,8-9,13-14,16-18H,7,10-12H2,1-3H3,(H,21,24);9-10,12H,6-8,13H2,1-5H3;3H2,1-2H3;1-2H3. The highest BCUT2D eigenvalue weighted by Crippen LogP contribution is 2.25. The molecule has 48 heavy (non-hydrogen) atoms. The maximum absolute atomic E-state index is 12.8. The van der Waals surface area contributed by atoms with Crippen molar-refractivity contribution >= 4 is 24.2 Å². The number of likely N-dealkylation sites (tertiary alicyclic amines) is 1. The van der Waals surface area contributed by atoms with Gasteiger partial charge in [-0.2, -0.15) is 0 Å². The van der Waals surface area contributed by atoms with Crippen LogP contribution in [0, 0.1) is 11.8 Å². The van der Waals surface area contributed by atoms with Gasteiger partial charge in [0.25, 0.3) is 0 Å². The highest BCUT2D eigenvalue weighted by Gasteiger charge is 2.38. The van der Waals surface area contributed by atoms with Crippen LogP contribution in [0.15, 0.2) is 30.3 Å². The summed E-state index contributed by atoms with van der Waals surface area (Å²) in [6, 6.07) is 8.62. The Hall–Kier alpha value is -3.02. The molecule has 1 fully saturated rings. The van der Waals surface area contributed by atoms with Gasteiger partial charge in [-0.05, 0) is 30.7 Å². The predicted molar refractivity (Wildman–Crippen MR) is 193 cm³/mol. The van der Waals surface area contributed by atoms with E-state index in [2.05, 4.69) is 39.9 Å². The fourth-order valence-electron chi connectivity index (χ4n) is 5.73. The summed E-state index contributed by atoms with van der Waals surface area (Å²) in [4.78, 5) is 51.3. The van der Waals surface area contributed by atoms with Crippen molar-refractivity contribution in [1.29, 1.82) is 0 Å². The van der Waals surface area contributed by atoms with Crippen LogP contribution in [-0.2, 0) is 39.8 Å². The molecule has 11 heteroatoms. The Balaban J connectivity index is 0. The normalized spacial score (nSPS) is 17.2. The van der Waals surface area contributed by atoms with Crippen LogP contribution >= 0.6 is 0 Å². The van der Waals surface area contributed by atoms with E-state index >= 15 is 0 Å². The quantitative estimate of drug-likeness (QED) is 0.187. The number of rotatable bonds is 16. The zero-order valence-corrected chi connectivity index (χ0v) is 32.0. The second-order valence-corrected chi connectivity index (χ2v) is 11.8. The third kappa shape index (κ3) is 15.9. The number of esters is 1. The zero-order valence-electron chi connectivity index (χ0n) is 32.0. The number of nitrogens with zero attached hydrogens (tertiary/aromatic N) is 2. The van der Waals surface area contributed by atoms with Crippen molar-refractivity contribution in [2.24, 2.45) is 17.6 Å². The molecule has 3 N–H and O–H groups in total. The molecule has 11 nitrogen and oxygen atoms in total. The Morgan fingerprint density at radius 1 is 1.02 bits per heavy atom. The van der Waals surface area contributed by atoms with Crippen molar-refractivity contribution in [3.8, 4) is 0 Å². The number of hydrogen-bond acceptors (Lipinski definition) is 8. The SMILES string of the molecule is CC.CCC.CCC(C)C(C(CC)OC)N(C)C(=O)CN.COC(=O)C(Cc1ccccc1)NC(=O)C(C)C(OC)C1CCCN1C=O. The van der Waals surface area contributed by atoms with E-state index in [9.17, 15) is 19.2 Å². The Morgan fingerprint density at radius 3 is 2.04 bits per heavy atom. The maximum atomic E-state index is 12.8. The highest BCUT2D eigenvalue weighted by molar-refractivity contribution is 5.86. The topological polar surface area (TPSA) is 140 Å². The van der Waals surface area contributed by atoms with Crippen LogP contribution in [0.4, 0.5) is 0 Å². The van der Waals surface area contributed by atoms with Crippen molar-refractivity contribution in [1.82, 2.24) is 15.1 Å². The number of methoxy groups -OCH3 is 3. The lowest BCUT2D eigenvalue weighted by atomic mass is 9.91. The molecule has 2 rings (SSSR count). The van der Waals surface area contributed by atoms with Gasteiger partial charge in [-0.15, -0.1) is 0 Å². The highest BCUT2D eigenvalue weighted by atomic mass is 16.5. The molecule has 0 aliphatic carbocycles. The van der Waals surface area contributed by atoms with Crippen LogP contribution in [0.5, 0.6) is 0 Å². The molecular weight excluding hydrogens is 612 g/mol. The number of amides is 3. The van der Waals surface area contributed by atoms with Gasteiger partial charge in [0.1, 0.15) is 6.04 Å². The van der Waals surface area contributed by atoms with Crippen molar-refractivity contribution in [2.45, 2.75) is 124 Å². The Bertz CT molecular complexity index is 993. The molecule has 1 aromatic rings. The first-order chi connectivity index (χ1) is 23.0. The molecule has 0 spiro atoms. The summed E-state index contributed by atoms with van der Waals surface area (Å²) in [5.74, 6) is -0.940. The van der Waals surface area contributed by atoms with E-state index in [4.69, 9.17) is 19.9 Å². The molecule has 0 bridgehead atoms. The number of benzene rings is 1. The van der Waals surface area contributed by atoms with Crippen LogP contribution < -0.4 is 11.1 Å². The second-order valence-electron chi connectivity index (χ2n) is 11.8. The van der Waals surface area contributed by atoms with E-state index in [1.165, 1.54) is 20.6 Å². The number of hydrogen-bond donors (Lipinski definition) is 2. The largest absolute Gasteiger partial charge is 0.467 e. The molecular formula is C37H68N4O7. The van der Waals surface area contributed by atoms with Crippen LogP contribution in [0.2, 0.25) is 0 Å². The van der Waals surface area contributed by atoms with Gasteiger partial charge in [-0.1, -0.05) is 98.6 Å². The van der Waals surface area contributed by atoms with Gasteiger partial charge < -0.3 is 35.1 Å². The first kappa shape index (κ1) is 47.1. The summed E-state index contributed by atoms with van der Waals surface area (Å²) < 4.78 is 15.9. The molecule has 1 aliphatic rings. The third-order valence-corrected chi connectivity index (χ3v) is 8.45. The average Bonchev–Trinajstić information content (AvgIpc) is 3.59. The molecule has 1 aliphatic heterocycles. The van der Waals surface area contributed by atoms with Crippen LogP contribution in [0.1, 0.15) is 93.1 Å². The van der Waals surface area contributed by atoms with Crippen LogP contribution in [0.3, 0.4) is 0 Å². The monoisotopic (exact) mass is 681 g/mol. The Kier molecular flexibility index (Phi) is 27.4. The summed E-state index contributed by atoms with van der Waals surface area (Å²) in [7, 11) is 6.35. The molecule has 1 saturated heterocycles. The minimum Gasteiger partial charge on any atom is -0.467 e. The zero-order chi connectivity index (χ0) is 37.2. The van der Waals surface area contributed by atoms with Crippen LogP contribution in [-0.4, -0.2) is 106 Å². The van der Waals surface area contributed by atoms with E-state index in [1.807, 2.05) is 51.2 Å². The molecule has 0 saturated carbocycles. The molecule has 1 aromatic carbocycles. The summed E-state index contributed by atoms with van der Waals surface area (Å²) >= 11 is 0. The molecule has 7 atom stereocenters. The fourth-order valence-corrected chi connectivity index (χ4v) is 5.73. The van der Waals surface area contributed by atoms with E-state index in [1.54, 1.807) is 23.8 Å². The van der Waals surface area contributed by atoms with Gasteiger partial charge in [-0.3, -0.25) is 14.4 Å². The van der Waals surface area contributed by atoms with Crippen LogP contribution in [0.25, 0.3) is 0 Å². The average molecular weight is 681 g/mol. The third-order valence-electron chi connectivity index (χ3n) is 8.45. The molecule has 7 unspecified atom stereocenters. The van der Waals surface area contributed by atoms with Gasteiger partial charge in [0.05, 0.1) is 43.9 Å². The first-order valence-electron chi connectivity index (χ1n) is 17.6. The number of likely N-dealkylation sites (N-methyl/N-ethyl adjacent to an activating group) is 1. The van der Waals surface area contributed by atoms with Gasteiger partial charge >= 0.3 is 5.97 Å². The van der Waals surface area contributed by atoms with Gasteiger partial charge in [0, 0.05) is 34.2 Å². The first-order valence-corrected chi connectivity index (χ1v) is 17.6. The molecule has 1 heterocycles. The van der Waals surface area contributed by atoms with Crippen molar-refractivity contribution in [3.63, 3.8) is 0 Å². The molecule has 278 valence electrons. The lowest BCUT2D eigenvalue weighted by Crippen LogP contribution is -2.51. The van der Waals surface area contributed by atoms with Crippen molar-refractivity contribution in [2.75, 3.05) is 41.5 Å². The minimum atomic E-state index is -0.782. The smallest absolute Gasteiger partial charge is 0.328 e. The van der Waals surface area contributed by atoms with Gasteiger partial charge in [0.15, 0.2) is 0 Å². The fraction of sp³-hybridized carbons (Fsp3) is 0.730. The lowest BCUT2D eigenvalue weighted by Gasteiger charge is -2.37. The van der Waals surface area contributed by atoms with Gasteiger partial charge in [-0.25, -0.2) is 4.79 Å².